The average Bonchev–Trinajstić information content (AvgIpc) is 2.60. The van der Waals surface area contributed by atoms with Gasteiger partial charge in [0.15, 0.2) is 5.96 Å². The van der Waals surface area contributed by atoms with Crippen LogP contribution in [0.25, 0.3) is 0 Å². The summed E-state index contributed by atoms with van der Waals surface area (Å²) in [5, 5.41) is 3.27. The van der Waals surface area contributed by atoms with Crippen molar-refractivity contribution in [2.24, 2.45) is 10.7 Å². The summed E-state index contributed by atoms with van der Waals surface area (Å²) in [4.78, 5) is 4.32. The first-order chi connectivity index (χ1) is 11.3. The average molecular weight is 439 g/mol. The number of nitrogens with zero attached hydrogens (tertiary/aromatic N) is 1. The highest BCUT2D eigenvalue weighted by atomic mass is 127. The van der Waals surface area contributed by atoms with Crippen molar-refractivity contribution >= 4 is 29.9 Å². The van der Waals surface area contributed by atoms with E-state index >= 15 is 0 Å². The zero-order valence-corrected chi connectivity index (χ0v) is 15.7. The molecule has 0 saturated heterocycles. The highest BCUT2D eigenvalue weighted by Crippen LogP contribution is 2.31. The van der Waals surface area contributed by atoms with E-state index in [0.717, 1.165) is 23.5 Å². The van der Waals surface area contributed by atoms with Gasteiger partial charge in [-0.25, -0.2) is 4.99 Å². The Labute approximate surface area is 159 Å². The van der Waals surface area contributed by atoms with Crippen LogP contribution in [0.4, 0.5) is 0 Å². The van der Waals surface area contributed by atoms with Crippen LogP contribution in [-0.2, 0) is 0 Å². The highest BCUT2D eigenvalue weighted by Gasteiger charge is 2.21. The lowest BCUT2D eigenvalue weighted by Crippen LogP contribution is -2.37. The van der Waals surface area contributed by atoms with E-state index in [9.17, 15) is 0 Å². The molecule has 1 heterocycles. The molecule has 1 aliphatic heterocycles. The highest BCUT2D eigenvalue weighted by molar-refractivity contribution is 14.0. The zero-order chi connectivity index (χ0) is 15.9. The standard InChI is InChI=1S/C18H21N3O2.HI/c19-18(20-11-13-22-14-6-2-1-3-7-14)21-16-10-12-23-17-9-5-4-8-15(16)17;/h1-9,16H,10-13H2,(H3,19,20,21);1H. The molecule has 2 aromatic rings. The summed E-state index contributed by atoms with van der Waals surface area (Å²) < 4.78 is 11.2. The third kappa shape index (κ3) is 5.02. The van der Waals surface area contributed by atoms with E-state index in [-0.39, 0.29) is 30.0 Å². The van der Waals surface area contributed by atoms with E-state index in [0.29, 0.717) is 25.7 Å². The second-order valence-electron chi connectivity index (χ2n) is 5.30. The molecule has 5 nitrogen and oxygen atoms in total. The van der Waals surface area contributed by atoms with Crippen molar-refractivity contribution in [1.29, 1.82) is 0 Å². The topological polar surface area (TPSA) is 68.9 Å². The van der Waals surface area contributed by atoms with E-state index in [1.165, 1.54) is 0 Å². The van der Waals surface area contributed by atoms with Crippen molar-refractivity contribution in [3.8, 4) is 11.5 Å². The van der Waals surface area contributed by atoms with Crippen molar-refractivity contribution in [2.45, 2.75) is 12.5 Å². The van der Waals surface area contributed by atoms with Crippen LogP contribution in [0.3, 0.4) is 0 Å². The first-order valence-electron chi connectivity index (χ1n) is 7.79. The maximum absolute atomic E-state index is 5.98. The molecule has 0 spiro atoms. The number of rotatable bonds is 5. The Morgan fingerprint density at radius 1 is 1.17 bits per heavy atom. The number of hydrogen-bond donors (Lipinski definition) is 2. The van der Waals surface area contributed by atoms with Gasteiger partial charge in [-0.3, -0.25) is 0 Å². The number of halogens is 1. The number of hydrogen-bond acceptors (Lipinski definition) is 3. The van der Waals surface area contributed by atoms with Gasteiger partial charge in [-0.05, 0) is 18.2 Å². The third-order valence-corrected chi connectivity index (χ3v) is 3.67. The van der Waals surface area contributed by atoms with Crippen molar-refractivity contribution < 1.29 is 9.47 Å². The van der Waals surface area contributed by atoms with E-state index in [2.05, 4.69) is 16.4 Å². The monoisotopic (exact) mass is 439 g/mol. The van der Waals surface area contributed by atoms with Gasteiger partial charge in [0.2, 0.25) is 0 Å². The van der Waals surface area contributed by atoms with Crippen LogP contribution < -0.4 is 20.5 Å². The van der Waals surface area contributed by atoms with Gasteiger partial charge in [0.1, 0.15) is 18.1 Å². The van der Waals surface area contributed by atoms with Gasteiger partial charge in [-0.1, -0.05) is 36.4 Å². The molecule has 0 amide bonds. The molecule has 0 fully saturated rings. The van der Waals surface area contributed by atoms with Crippen LogP contribution in [0.15, 0.2) is 59.6 Å². The summed E-state index contributed by atoms with van der Waals surface area (Å²) in [6.45, 7) is 1.69. The van der Waals surface area contributed by atoms with Gasteiger partial charge in [-0.2, -0.15) is 0 Å². The summed E-state index contributed by atoms with van der Waals surface area (Å²) in [6, 6.07) is 17.8. The maximum atomic E-state index is 5.98. The van der Waals surface area contributed by atoms with Gasteiger partial charge >= 0.3 is 0 Å². The van der Waals surface area contributed by atoms with Crippen LogP contribution in [-0.4, -0.2) is 25.7 Å². The second kappa shape index (κ2) is 9.36. The summed E-state index contributed by atoms with van der Waals surface area (Å²) in [7, 11) is 0. The van der Waals surface area contributed by atoms with E-state index in [1.54, 1.807) is 0 Å². The van der Waals surface area contributed by atoms with Gasteiger partial charge in [0.25, 0.3) is 0 Å². The maximum Gasteiger partial charge on any atom is 0.189 e. The Balaban J connectivity index is 0.00000208. The molecule has 128 valence electrons. The number of nitrogens with one attached hydrogen (secondary N) is 1. The number of nitrogens with two attached hydrogens (primary N) is 1. The van der Waals surface area contributed by atoms with Crippen LogP contribution >= 0.6 is 24.0 Å². The Bertz CT molecular complexity index is 664. The molecule has 0 aromatic heterocycles. The molecule has 1 unspecified atom stereocenters. The van der Waals surface area contributed by atoms with Crippen molar-refractivity contribution in [3.63, 3.8) is 0 Å². The Hall–Kier alpha value is -1.96. The van der Waals surface area contributed by atoms with Crippen molar-refractivity contribution in [3.05, 3.63) is 60.2 Å². The largest absolute Gasteiger partial charge is 0.493 e. The summed E-state index contributed by atoms with van der Waals surface area (Å²) in [5.74, 6) is 2.19. The number of aliphatic imine (C=N–C) groups is 1. The Morgan fingerprint density at radius 3 is 2.75 bits per heavy atom. The van der Waals surface area contributed by atoms with Gasteiger partial charge in [0.05, 0.1) is 19.2 Å². The zero-order valence-electron chi connectivity index (χ0n) is 13.4. The van der Waals surface area contributed by atoms with E-state index < -0.39 is 0 Å². The quantitative estimate of drug-likeness (QED) is 0.325. The molecule has 3 rings (SSSR count). The molecule has 0 saturated carbocycles. The van der Waals surface area contributed by atoms with Crippen LogP contribution in [0.5, 0.6) is 11.5 Å². The number of ether oxygens (including phenoxy) is 2. The van der Waals surface area contributed by atoms with Gasteiger partial charge < -0.3 is 20.5 Å². The molecule has 1 atom stereocenters. The second-order valence-corrected chi connectivity index (χ2v) is 5.30. The van der Waals surface area contributed by atoms with Crippen LogP contribution in [0.2, 0.25) is 0 Å². The minimum atomic E-state index is 0. The molecule has 0 radical (unpaired) electrons. The fraction of sp³-hybridized carbons (Fsp3) is 0.278. The summed E-state index contributed by atoms with van der Waals surface area (Å²) in [5.41, 5.74) is 7.11. The normalized spacial score (nSPS) is 16.3. The van der Waals surface area contributed by atoms with E-state index in [1.807, 2.05) is 48.5 Å². The number of guanidine groups is 1. The lowest BCUT2D eigenvalue weighted by molar-refractivity contribution is 0.262. The van der Waals surface area contributed by atoms with E-state index in [4.69, 9.17) is 15.2 Å². The molecule has 3 N–H and O–H groups in total. The van der Waals surface area contributed by atoms with Crippen LogP contribution in [0, 0.1) is 0 Å². The summed E-state index contributed by atoms with van der Waals surface area (Å²) in [6.07, 6.45) is 0.869. The minimum Gasteiger partial charge on any atom is -0.493 e. The van der Waals surface area contributed by atoms with Gasteiger partial charge in [-0.15, -0.1) is 24.0 Å². The van der Waals surface area contributed by atoms with Crippen LogP contribution in [0.1, 0.15) is 18.0 Å². The number of para-hydroxylation sites is 2. The molecule has 2 aromatic carbocycles. The SMILES string of the molecule is I.NC(=NCCOc1ccccc1)NC1CCOc2ccccc21. The number of benzene rings is 2. The molecule has 24 heavy (non-hydrogen) atoms. The molecule has 0 aliphatic carbocycles. The fourth-order valence-electron chi connectivity index (χ4n) is 2.56. The minimum absolute atomic E-state index is 0. The first kappa shape index (κ1) is 18.4. The predicted molar refractivity (Wildman–Crippen MR) is 106 cm³/mol. The third-order valence-electron chi connectivity index (χ3n) is 3.67. The first-order valence-corrected chi connectivity index (χ1v) is 7.79. The molecule has 6 heteroatoms. The molecule has 0 bridgehead atoms. The smallest absolute Gasteiger partial charge is 0.189 e. The molecule has 1 aliphatic rings. The Morgan fingerprint density at radius 2 is 1.92 bits per heavy atom. The molecular formula is C18H22IN3O2. The van der Waals surface area contributed by atoms with Gasteiger partial charge in [0, 0.05) is 12.0 Å². The Kier molecular flexibility index (Phi) is 7.17. The lowest BCUT2D eigenvalue weighted by atomic mass is 10.0. The fourth-order valence-corrected chi connectivity index (χ4v) is 2.56. The summed E-state index contributed by atoms with van der Waals surface area (Å²) >= 11 is 0. The predicted octanol–water partition coefficient (Wildman–Crippen LogP) is 3.11. The lowest BCUT2D eigenvalue weighted by Gasteiger charge is -2.26. The van der Waals surface area contributed by atoms with Crippen molar-refractivity contribution in [2.75, 3.05) is 19.8 Å². The van der Waals surface area contributed by atoms with Crippen molar-refractivity contribution in [1.82, 2.24) is 5.32 Å². The molecular weight excluding hydrogens is 417 g/mol. The number of fused-ring (bicyclic) bond motifs is 1.